The molecule has 120 valence electrons. The summed E-state index contributed by atoms with van der Waals surface area (Å²) >= 11 is 0. The first-order valence-corrected chi connectivity index (χ1v) is 7.58. The second-order valence-corrected chi connectivity index (χ2v) is 5.84. The van der Waals surface area contributed by atoms with Gasteiger partial charge < -0.3 is 4.90 Å². The van der Waals surface area contributed by atoms with Gasteiger partial charge in [-0.2, -0.15) is 5.10 Å². The highest BCUT2D eigenvalue weighted by Crippen LogP contribution is 2.32. The molecule has 2 aromatic rings. The van der Waals surface area contributed by atoms with E-state index >= 15 is 0 Å². The summed E-state index contributed by atoms with van der Waals surface area (Å²) in [4.78, 5) is 25.0. The van der Waals surface area contributed by atoms with Crippen molar-refractivity contribution in [1.82, 2.24) is 9.78 Å². The molecule has 0 spiro atoms. The first kappa shape index (κ1) is 15.2. The Kier molecular flexibility index (Phi) is 3.85. The number of rotatable bonds is 3. The number of aryl methyl sites for hydroxylation is 1. The average molecular weight is 314 g/mol. The Labute approximate surface area is 133 Å². The quantitative estimate of drug-likeness (QED) is 0.644. The van der Waals surface area contributed by atoms with E-state index in [1.165, 1.54) is 10.9 Å². The van der Waals surface area contributed by atoms with Crippen LogP contribution >= 0.6 is 0 Å². The number of nitrogens with zero attached hydrogens (tertiary/aromatic N) is 4. The maximum Gasteiger partial charge on any atom is 0.307 e. The van der Waals surface area contributed by atoms with E-state index in [-0.39, 0.29) is 17.6 Å². The molecule has 0 N–H and O–H groups in total. The van der Waals surface area contributed by atoms with Gasteiger partial charge >= 0.3 is 5.69 Å². The van der Waals surface area contributed by atoms with Crippen LogP contribution in [0, 0.1) is 10.1 Å². The smallest absolute Gasteiger partial charge is 0.307 e. The molecule has 0 aliphatic carbocycles. The SMILES string of the molecule is C[C@H](C(=O)N1c2ccccc2CC[C@@H]1C)n1cc([N+](=O)[O-])cn1. The van der Waals surface area contributed by atoms with Crippen LogP contribution in [0.4, 0.5) is 11.4 Å². The normalized spacial score (nSPS) is 18.3. The first-order valence-electron chi connectivity index (χ1n) is 7.58. The minimum absolute atomic E-state index is 0.0883. The van der Waals surface area contributed by atoms with Crippen molar-refractivity contribution in [3.8, 4) is 0 Å². The molecule has 23 heavy (non-hydrogen) atoms. The number of nitro groups is 1. The van der Waals surface area contributed by atoms with Gasteiger partial charge in [0.1, 0.15) is 18.4 Å². The molecule has 0 fully saturated rings. The van der Waals surface area contributed by atoms with E-state index in [1.807, 2.05) is 31.2 Å². The van der Waals surface area contributed by atoms with E-state index in [1.54, 1.807) is 11.8 Å². The second kappa shape index (κ2) is 5.83. The lowest BCUT2D eigenvalue weighted by Crippen LogP contribution is -2.45. The predicted octanol–water partition coefficient (Wildman–Crippen LogP) is 2.72. The van der Waals surface area contributed by atoms with E-state index < -0.39 is 11.0 Å². The number of para-hydroxylation sites is 1. The molecular weight excluding hydrogens is 296 g/mol. The highest BCUT2D eigenvalue weighted by atomic mass is 16.6. The topological polar surface area (TPSA) is 81.3 Å². The maximum absolute atomic E-state index is 12.9. The van der Waals surface area contributed by atoms with Crippen LogP contribution in [0.15, 0.2) is 36.7 Å². The summed E-state index contributed by atoms with van der Waals surface area (Å²) in [5.41, 5.74) is 1.96. The molecule has 7 nitrogen and oxygen atoms in total. The van der Waals surface area contributed by atoms with Gasteiger partial charge in [-0.3, -0.25) is 19.6 Å². The van der Waals surface area contributed by atoms with Gasteiger partial charge in [0.25, 0.3) is 5.91 Å². The number of carbonyl (C=O) groups excluding carboxylic acids is 1. The Bertz CT molecular complexity index is 755. The van der Waals surface area contributed by atoms with Gasteiger partial charge in [-0.05, 0) is 38.3 Å². The summed E-state index contributed by atoms with van der Waals surface area (Å²) in [5, 5.41) is 14.7. The molecule has 0 unspecified atom stereocenters. The minimum atomic E-state index is -0.600. The molecule has 1 aromatic carbocycles. The number of amides is 1. The molecular formula is C16H18N4O3. The van der Waals surface area contributed by atoms with Crippen LogP contribution in [0.2, 0.25) is 0 Å². The third kappa shape index (κ3) is 2.69. The summed E-state index contributed by atoms with van der Waals surface area (Å²) < 4.78 is 1.35. The van der Waals surface area contributed by atoms with Crippen LogP contribution in [0.1, 0.15) is 31.9 Å². The van der Waals surface area contributed by atoms with E-state index in [0.29, 0.717) is 0 Å². The maximum atomic E-state index is 12.9. The zero-order valence-electron chi connectivity index (χ0n) is 13.0. The van der Waals surface area contributed by atoms with Crippen LogP contribution in [-0.4, -0.2) is 26.7 Å². The molecule has 0 bridgehead atoms. The Morgan fingerprint density at radius 2 is 2.17 bits per heavy atom. The van der Waals surface area contributed by atoms with E-state index in [2.05, 4.69) is 5.10 Å². The molecule has 7 heteroatoms. The van der Waals surface area contributed by atoms with Crippen molar-refractivity contribution in [2.24, 2.45) is 0 Å². The van der Waals surface area contributed by atoms with E-state index in [9.17, 15) is 14.9 Å². The molecule has 3 rings (SSSR count). The van der Waals surface area contributed by atoms with Crippen LogP contribution in [0.3, 0.4) is 0 Å². The number of benzene rings is 1. The van der Waals surface area contributed by atoms with Crippen LogP contribution in [0.5, 0.6) is 0 Å². The van der Waals surface area contributed by atoms with Gasteiger partial charge in [0, 0.05) is 11.7 Å². The largest absolute Gasteiger partial charge is 0.308 e. The standard InChI is InChI=1S/C16H18N4O3/c1-11-7-8-13-5-3-4-6-15(13)19(11)16(21)12(2)18-10-14(9-17-18)20(22)23/h3-6,9-12H,7-8H2,1-2H3/t11-,12+/m0/s1. The van der Waals surface area contributed by atoms with Crippen LogP contribution in [-0.2, 0) is 11.2 Å². The molecule has 2 heterocycles. The third-order valence-corrected chi connectivity index (χ3v) is 4.31. The lowest BCUT2D eigenvalue weighted by Gasteiger charge is -2.36. The summed E-state index contributed by atoms with van der Waals surface area (Å²) in [6, 6.07) is 7.35. The highest BCUT2D eigenvalue weighted by molar-refractivity contribution is 5.97. The Hall–Kier alpha value is -2.70. The zero-order chi connectivity index (χ0) is 16.6. The Morgan fingerprint density at radius 1 is 1.43 bits per heavy atom. The number of anilines is 1. The van der Waals surface area contributed by atoms with Crippen molar-refractivity contribution < 1.29 is 9.72 Å². The van der Waals surface area contributed by atoms with Gasteiger partial charge in [-0.1, -0.05) is 18.2 Å². The van der Waals surface area contributed by atoms with Crippen LogP contribution < -0.4 is 4.90 Å². The number of carbonyl (C=O) groups is 1. The molecule has 2 atom stereocenters. The number of hydrogen-bond acceptors (Lipinski definition) is 4. The van der Waals surface area contributed by atoms with Crippen molar-refractivity contribution in [1.29, 1.82) is 0 Å². The highest BCUT2D eigenvalue weighted by Gasteiger charge is 2.32. The molecule has 1 aromatic heterocycles. The Balaban J connectivity index is 1.91. The summed E-state index contributed by atoms with van der Waals surface area (Å²) in [7, 11) is 0. The fourth-order valence-electron chi connectivity index (χ4n) is 2.97. The lowest BCUT2D eigenvalue weighted by atomic mass is 9.96. The summed E-state index contributed by atoms with van der Waals surface area (Å²) in [6.45, 7) is 3.73. The molecule has 1 aliphatic heterocycles. The first-order chi connectivity index (χ1) is 11.0. The molecule has 1 amide bonds. The van der Waals surface area contributed by atoms with Gasteiger partial charge in [0.2, 0.25) is 0 Å². The van der Waals surface area contributed by atoms with Crippen molar-refractivity contribution in [3.63, 3.8) is 0 Å². The number of aromatic nitrogens is 2. The predicted molar refractivity (Wildman–Crippen MR) is 85.3 cm³/mol. The van der Waals surface area contributed by atoms with Gasteiger partial charge in [-0.15, -0.1) is 0 Å². The molecule has 0 saturated heterocycles. The van der Waals surface area contributed by atoms with Crippen molar-refractivity contribution in [2.75, 3.05) is 4.90 Å². The van der Waals surface area contributed by atoms with Gasteiger partial charge in [-0.25, -0.2) is 0 Å². The zero-order valence-corrected chi connectivity index (χ0v) is 13.0. The number of fused-ring (bicyclic) bond motifs is 1. The van der Waals surface area contributed by atoms with E-state index in [0.717, 1.165) is 30.3 Å². The third-order valence-electron chi connectivity index (χ3n) is 4.31. The van der Waals surface area contributed by atoms with Crippen LogP contribution in [0.25, 0.3) is 0 Å². The minimum Gasteiger partial charge on any atom is -0.308 e. The lowest BCUT2D eigenvalue weighted by molar-refractivity contribution is -0.385. The van der Waals surface area contributed by atoms with Crippen molar-refractivity contribution in [2.45, 2.75) is 38.8 Å². The number of hydrogen-bond donors (Lipinski definition) is 0. The molecule has 0 saturated carbocycles. The second-order valence-electron chi connectivity index (χ2n) is 5.84. The van der Waals surface area contributed by atoms with Crippen molar-refractivity contribution >= 4 is 17.3 Å². The van der Waals surface area contributed by atoms with Gasteiger partial charge in [0.15, 0.2) is 0 Å². The fraction of sp³-hybridized carbons (Fsp3) is 0.375. The van der Waals surface area contributed by atoms with E-state index in [4.69, 9.17) is 0 Å². The summed E-state index contributed by atoms with van der Waals surface area (Å²) in [6.07, 6.45) is 4.30. The molecule has 1 aliphatic rings. The summed E-state index contributed by atoms with van der Waals surface area (Å²) in [5.74, 6) is -0.109. The molecule has 0 radical (unpaired) electrons. The van der Waals surface area contributed by atoms with Crippen molar-refractivity contribution in [3.05, 3.63) is 52.3 Å². The fourth-order valence-corrected chi connectivity index (χ4v) is 2.97. The monoisotopic (exact) mass is 314 g/mol. The average Bonchev–Trinajstić information content (AvgIpc) is 3.03. The van der Waals surface area contributed by atoms with Gasteiger partial charge in [0.05, 0.1) is 4.92 Å². The Morgan fingerprint density at radius 3 is 2.87 bits per heavy atom.